The molecule has 0 unspecified atom stereocenters. The number of Topliss-reactive ketones (excluding diaryl/α,β-unsaturated/α-hetero) is 1. The molecular weight excluding hydrogens is 120 g/mol. The molecule has 0 aromatic rings. The summed E-state index contributed by atoms with van der Waals surface area (Å²) in [6, 6.07) is 0. The van der Waals surface area contributed by atoms with Gasteiger partial charge >= 0.3 is 0 Å². The summed E-state index contributed by atoms with van der Waals surface area (Å²) >= 11 is 0. The predicted octanol–water partition coefficient (Wildman–Crippen LogP) is 0.616. The maximum absolute atomic E-state index is 9.44. The zero-order chi connectivity index (χ0) is 8.28. The minimum absolute atomic E-state index is 0.167. The smallest absolute Gasteiger partial charge is 0.126 e. The Kier molecular flexibility index (Phi) is 48.7. The minimum Gasteiger partial charge on any atom is -0.307 e. The second kappa shape index (κ2) is 27.9. The van der Waals surface area contributed by atoms with Crippen LogP contribution in [-0.2, 0) is 14.4 Å². The van der Waals surface area contributed by atoms with E-state index < -0.39 is 0 Å². The van der Waals surface area contributed by atoms with Crippen molar-refractivity contribution in [2.45, 2.75) is 20.8 Å². The number of ketones is 1. The summed E-state index contributed by atoms with van der Waals surface area (Å²) < 4.78 is 0. The molecule has 3 nitrogen and oxygen atoms in total. The molecule has 0 atom stereocenters. The Bertz CT molecular complexity index is 64.7. The van der Waals surface area contributed by atoms with Gasteiger partial charge in [0.25, 0.3) is 0 Å². The predicted molar refractivity (Wildman–Crippen MR) is 35.2 cm³/mol. The van der Waals surface area contributed by atoms with Gasteiger partial charge in [-0.15, -0.1) is 0 Å². The first-order valence-corrected chi connectivity index (χ1v) is 2.31. The highest BCUT2D eigenvalue weighted by Gasteiger charge is 1.62. The van der Waals surface area contributed by atoms with E-state index in [2.05, 4.69) is 0 Å². The zero-order valence-electron chi connectivity index (χ0n) is 6.01. The third kappa shape index (κ3) is 180. The molecule has 0 bridgehead atoms. The van der Waals surface area contributed by atoms with E-state index in [9.17, 15) is 4.79 Å². The molecule has 0 aromatic heterocycles. The summed E-state index contributed by atoms with van der Waals surface area (Å²) in [4.78, 5) is 26.2. The van der Waals surface area contributed by atoms with Gasteiger partial charge in [-0.1, -0.05) is 0 Å². The third-order valence-corrected chi connectivity index (χ3v) is 0. The van der Waals surface area contributed by atoms with Gasteiger partial charge in [0, 0.05) is 0 Å². The number of hydrogen-bond donors (Lipinski definition) is 0. The van der Waals surface area contributed by atoms with Crippen LogP contribution in [-0.4, -0.2) is 18.9 Å². The van der Waals surface area contributed by atoms with Crippen molar-refractivity contribution in [3.05, 3.63) is 0 Å². The lowest BCUT2D eigenvalue weighted by Gasteiger charge is -1.56. The summed E-state index contributed by atoms with van der Waals surface area (Å²) in [5.41, 5.74) is 0. The lowest BCUT2D eigenvalue weighted by molar-refractivity contribution is -0.115. The highest BCUT2D eigenvalue weighted by atomic mass is 16.1. The second-order valence-corrected chi connectivity index (χ2v) is 1.14. The molecule has 54 valence electrons. The average molecular weight is 132 g/mol. The maximum atomic E-state index is 9.44. The SMILES string of the molecule is C=O.CC(C)=O.CC=O. The van der Waals surface area contributed by atoms with Gasteiger partial charge in [-0.2, -0.15) is 0 Å². The fourth-order valence-electron chi connectivity index (χ4n) is 0. The summed E-state index contributed by atoms with van der Waals surface area (Å²) in [7, 11) is 0. The van der Waals surface area contributed by atoms with Gasteiger partial charge in [-0.05, 0) is 20.8 Å². The Morgan fingerprint density at radius 1 is 1.33 bits per heavy atom. The zero-order valence-corrected chi connectivity index (χ0v) is 6.01. The number of carbonyl (C=O) groups excluding carboxylic acids is 3. The van der Waals surface area contributed by atoms with Crippen molar-refractivity contribution < 1.29 is 14.4 Å². The van der Waals surface area contributed by atoms with E-state index in [4.69, 9.17) is 9.59 Å². The van der Waals surface area contributed by atoms with Crippen molar-refractivity contribution in [1.82, 2.24) is 0 Å². The highest BCUT2D eigenvalue weighted by molar-refractivity contribution is 5.72. The fourth-order valence-corrected chi connectivity index (χ4v) is 0. The Labute approximate surface area is 55.1 Å². The van der Waals surface area contributed by atoms with Crippen LogP contribution >= 0.6 is 0 Å². The standard InChI is InChI=1S/C3H6O.C2H4O.CH2O/c1-3(2)4;1-2-3;1-2/h1-2H3;2H,1H3;1H2. The van der Waals surface area contributed by atoms with Crippen LogP contribution in [0.2, 0.25) is 0 Å². The van der Waals surface area contributed by atoms with Crippen LogP contribution in [0.25, 0.3) is 0 Å². The monoisotopic (exact) mass is 132 g/mol. The molecule has 0 aromatic carbocycles. The molecule has 0 aliphatic carbocycles. The molecule has 0 saturated heterocycles. The Morgan fingerprint density at radius 2 is 1.33 bits per heavy atom. The highest BCUT2D eigenvalue weighted by Crippen LogP contribution is 1.50. The molecule has 0 heterocycles. The first kappa shape index (κ1) is 15.7. The van der Waals surface area contributed by atoms with Crippen LogP contribution in [0.15, 0.2) is 0 Å². The van der Waals surface area contributed by atoms with Gasteiger partial charge in [0.1, 0.15) is 18.9 Å². The van der Waals surface area contributed by atoms with Gasteiger partial charge < -0.3 is 14.4 Å². The molecule has 0 amide bonds. The number of carbonyl (C=O) groups is 3. The first-order chi connectivity index (χ1) is 4.15. The van der Waals surface area contributed by atoms with Crippen molar-refractivity contribution in [3.63, 3.8) is 0 Å². The van der Waals surface area contributed by atoms with Crippen molar-refractivity contribution in [1.29, 1.82) is 0 Å². The molecule has 0 saturated carbocycles. The average Bonchev–Trinajstić information content (AvgIpc) is 1.71. The van der Waals surface area contributed by atoms with Gasteiger partial charge in [0.15, 0.2) is 0 Å². The first-order valence-electron chi connectivity index (χ1n) is 2.31. The maximum Gasteiger partial charge on any atom is 0.126 e. The topological polar surface area (TPSA) is 51.2 Å². The quantitative estimate of drug-likeness (QED) is 0.454. The van der Waals surface area contributed by atoms with Gasteiger partial charge in [-0.3, -0.25) is 0 Å². The molecule has 0 aliphatic heterocycles. The third-order valence-electron chi connectivity index (χ3n) is 0. The van der Waals surface area contributed by atoms with E-state index in [-0.39, 0.29) is 5.78 Å². The molecule has 0 fully saturated rings. The molecule has 0 radical (unpaired) electrons. The number of aldehydes is 1. The molecular formula is C6H12O3. The van der Waals surface area contributed by atoms with Gasteiger partial charge in [0.2, 0.25) is 0 Å². The summed E-state index contributed by atoms with van der Waals surface area (Å²) in [6.07, 6.45) is 0.750. The minimum atomic E-state index is 0.167. The lowest BCUT2D eigenvalue weighted by Crippen LogP contribution is -1.69. The Balaban J connectivity index is -0.0000000646. The van der Waals surface area contributed by atoms with Crippen molar-refractivity contribution in [3.8, 4) is 0 Å². The van der Waals surface area contributed by atoms with Crippen molar-refractivity contribution in [2.75, 3.05) is 0 Å². The molecule has 9 heavy (non-hydrogen) atoms. The van der Waals surface area contributed by atoms with Crippen LogP contribution in [0.1, 0.15) is 20.8 Å². The lowest BCUT2D eigenvalue weighted by atomic mass is 10.6. The Hall–Kier alpha value is -0.990. The molecule has 0 aliphatic rings. The van der Waals surface area contributed by atoms with Crippen LogP contribution in [0.5, 0.6) is 0 Å². The van der Waals surface area contributed by atoms with Crippen LogP contribution in [0.4, 0.5) is 0 Å². The van der Waals surface area contributed by atoms with Crippen LogP contribution < -0.4 is 0 Å². The summed E-state index contributed by atoms with van der Waals surface area (Å²) in [5, 5.41) is 0. The van der Waals surface area contributed by atoms with E-state index in [0.29, 0.717) is 0 Å². The summed E-state index contributed by atoms with van der Waals surface area (Å²) in [6.45, 7) is 6.50. The second-order valence-electron chi connectivity index (χ2n) is 1.14. The number of rotatable bonds is 0. The van der Waals surface area contributed by atoms with E-state index in [0.717, 1.165) is 6.29 Å². The van der Waals surface area contributed by atoms with Crippen molar-refractivity contribution >= 4 is 18.9 Å². The van der Waals surface area contributed by atoms with Gasteiger partial charge in [0.05, 0.1) is 0 Å². The van der Waals surface area contributed by atoms with Crippen molar-refractivity contribution in [2.24, 2.45) is 0 Å². The van der Waals surface area contributed by atoms with Crippen LogP contribution in [0.3, 0.4) is 0 Å². The molecule has 3 heteroatoms. The Morgan fingerprint density at radius 3 is 1.33 bits per heavy atom. The normalized spacial score (nSPS) is 4.78. The summed E-state index contributed by atoms with van der Waals surface area (Å²) in [5.74, 6) is 0.167. The fraction of sp³-hybridized carbons (Fsp3) is 0.500. The van der Waals surface area contributed by atoms with Gasteiger partial charge in [-0.25, -0.2) is 0 Å². The van der Waals surface area contributed by atoms with E-state index in [1.807, 2.05) is 6.79 Å². The van der Waals surface area contributed by atoms with E-state index in [1.165, 1.54) is 20.8 Å². The van der Waals surface area contributed by atoms with Crippen LogP contribution in [0, 0.1) is 0 Å². The molecule has 0 spiro atoms. The van der Waals surface area contributed by atoms with E-state index in [1.54, 1.807) is 0 Å². The largest absolute Gasteiger partial charge is 0.307 e. The number of hydrogen-bond acceptors (Lipinski definition) is 3. The van der Waals surface area contributed by atoms with E-state index >= 15 is 0 Å². The molecule has 0 N–H and O–H groups in total. The molecule has 0 rings (SSSR count).